The van der Waals surface area contributed by atoms with E-state index in [-0.39, 0.29) is 6.42 Å². The lowest BCUT2D eigenvalue weighted by molar-refractivity contribution is -0.173. The molecule has 6 heteroatoms. The highest BCUT2D eigenvalue weighted by molar-refractivity contribution is 5.90. The molecule has 0 spiro atoms. The molecule has 0 saturated heterocycles. The van der Waals surface area contributed by atoms with Crippen molar-refractivity contribution in [3.8, 4) is 0 Å². The van der Waals surface area contributed by atoms with E-state index in [9.17, 15) is 24.6 Å². The van der Waals surface area contributed by atoms with Gasteiger partial charge in [-0.2, -0.15) is 0 Å². The molecule has 0 aromatic rings. The summed E-state index contributed by atoms with van der Waals surface area (Å²) in [5.74, 6) is -3.76. The Balaban J connectivity index is 3.46. The minimum atomic E-state index is -1.68. The van der Waals surface area contributed by atoms with Crippen LogP contribution in [0.2, 0.25) is 0 Å². The minimum absolute atomic E-state index is 0.274. The van der Waals surface area contributed by atoms with Crippen LogP contribution < -0.4 is 0 Å². The van der Waals surface area contributed by atoms with Crippen LogP contribution in [0.15, 0.2) is 12.2 Å². The Bertz CT molecular complexity index is 453. The predicted molar refractivity (Wildman–Crippen MR) is 61.0 cm³/mol. The summed E-state index contributed by atoms with van der Waals surface area (Å²) in [4.78, 5) is 33.9. The fourth-order valence-corrected chi connectivity index (χ4v) is 2.26. The van der Waals surface area contributed by atoms with Crippen LogP contribution in [0.25, 0.3) is 0 Å². The lowest BCUT2D eigenvalue weighted by Crippen LogP contribution is -2.53. The molecule has 1 aliphatic carbocycles. The molecule has 3 unspecified atom stereocenters. The number of rotatable bonds is 3. The van der Waals surface area contributed by atoms with Gasteiger partial charge in [0.2, 0.25) is 0 Å². The molecule has 1 aliphatic rings. The summed E-state index contributed by atoms with van der Waals surface area (Å²) < 4.78 is 0. The molecule has 0 amide bonds. The van der Waals surface area contributed by atoms with Gasteiger partial charge in [-0.05, 0) is 27.2 Å². The molecule has 3 atom stereocenters. The predicted octanol–water partition coefficient (Wildman–Crippen LogP) is 1.22. The second-order valence-electron chi connectivity index (χ2n) is 5.38. The van der Waals surface area contributed by atoms with Gasteiger partial charge >= 0.3 is 17.9 Å². The number of carboxylic acids is 3. The Labute approximate surface area is 104 Å². The van der Waals surface area contributed by atoms with E-state index in [1.807, 2.05) is 0 Å². The molecule has 0 heterocycles. The van der Waals surface area contributed by atoms with Gasteiger partial charge in [0.25, 0.3) is 0 Å². The zero-order chi connectivity index (χ0) is 14.4. The molecule has 6 nitrogen and oxygen atoms in total. The maximum absolute atomic E-state index is 11.4. The van der Waals surface area contributed by atoms with Crippen LogP contribution in [0.3, 0.4) is 0 Å². The van der Waals surface area contributed by atoms with Gasteiger partial charge < -0.3 is 15.3 Å². The van der Waals surface area contributed by atoms with Crippen molar-refractivity contribution in [1.82, 2.24) is 0 Å². The average Bonchev–Trinajstić information content (AvgIpc) is 2.23. The van der Waals surface area contributed by atoms with Crippen molar-refractivity contribution in [3.05, 3.63) is 12.2 Å². The van der Waals surface area contributed by atoms with Crippen molar-refractivity contribution < 1.29 is 29.7 Å². The van der Waals surface area contributed by atoms with Gasteiger partial charge in [0.1, 0.15) is 0 Å². The fraction of sp³-hybridized carbons (Fsp3) is 0.583. The number of carboxylic acid groups (broad SMARTS) is 3. The van der Waals surface area contributed by atoms with E-state index >= 15 is 0 Å². The van der Waals surface area contributed by atoms with Crippen LogP contribution in [0.1, 0.15) is 27.2 Å². The van der Waals surface area contributed by atoms with Crippen LogP contribution in [0.4, 0.5) is 0 Å². The Morgan fingerprint density at radius 3 is 1.72 bits per heavy atom. The number of hydrogen-bond acceptors (Lipinski definition) is 3. The number of carbonyl (C=O) groups is 3. The number of hydrogen-bond donors (Lipinski definition) is 3. The molecule has 3 N–H and O–H groups in total. The second-order valence-corrected chi connectivity index (χ2v) is 5.38. The normalized spacial score (nSPS) is 39.3. The van der Waals surface area contributed by atoms with Crippen molar-refractivity contribution >= 4 is 17.9 Å². The van der Waals surface area contributed by atoms with Gasteiger partial charge in [-0.15, -0.1) is 0 Å². The Kier molecular flexibility index (Phi) is 3.02. The highest BCUT2D eigenvalue weighted by atomic mass is 16.4. The van der Waals surface area contributed by atoms with E-state index in [1.54, 1.807) is 0 Å². The zero-order valence-electron chi connectivity index (χ0n) is 10.4. The van der Waals surface area contributed by atoms with Crippen LogP contribution in [0.5, 0.6) is 0 Å². The molecular formula is C12H16O6. The number of aliphatic carboxylic acids is 3. The van der Waals surface area contributed by atoms with E-state index in [4.69, 9.17) is 5.11 Å². The molecule has 0 aromatic heterocycles. The standard InChI is InChI=1S/C12H16O6/c1-10(7(13)14)4-5-11(2,8(15)16)12(3,6-10)9(17)18/h4-5H,6H2,1-3H3,(H,13,14)(H,15,16)(H,17,18). The third-order valence-electron chi connectivity index (χ3n) is 4.06. The van der Waals surface area contributed by atoms with Crippen molar-refractivity contribution in [3.63, 3.8) is 0 Å². The first kappa shape index (κ1) is 14.2. The van der Waals surface area contributed by atoms with E-state index in [2.05, 4.69) is 0 Å². The monoisotopic (exact) mass is 256 g/mol. The summed E-state index contributed by atoms with van der Waals surface area (Å²) >= 11 is 0. The van der Waals surface area contributed by atoms with Crippen LogP contribution >= 0.6 is 0 Å². The molecule has 0 bridgehead atoms. The Hall–Kier alpha value is -1.85. The first-order valence-corrected chi connectivity index (χ1v) is 5.40. The maximum atomic E-state index is 11.4. The molecule has 0 aliphatic heterocycles. The van der Waals surface area contributed by atoms with E-state index in [0.717, 1.165) is 0 Å². The summed E-state index contributed by atoms with van der Waals surface area (Å²) in [5, 5.41) is 27.7. The Morgan fingerprint density at radius 2 is 1.39 bits per heavy atom. The van der Waals surface area contributed by atoms with Crippen LogP contribution in [-0.4, -0.2) is 33.2 Å². The molecule has 0 saturated carbocycles. The van der Waals surface area contributed by atoms with Crippen molar-refractivity contribution in [2.45, 2.75) is 27.2 Å². The summed E-state index contributed by atoms with van der Waals surface area (Å²) in [6.07, 6.45) is 2.18. The lowest BCUT2D eigenvalue weighted by atomic mass is 9.55. The third kappa shape index (κ3) is 1.68. The topological polar surface area (TPSA) is 112 Å². The largest absolute Gasteiger partial charge is 0.481 e. The van der Waals surface area contributed by atoms with E-state index in [0.29, 0.717) is 0 Å². The first-order chi connectivity index (χ1) is 7.99. The molecule has 100 valence electrons. The zero-order valence-corrected chi connectivity index (χ0v) is 10.4. The molecule has 0 radical (unpaired) electrons. The third-order valence-corrected chi connectivity index (χ3v) is 4.06. The van der Waals surface area contributed by atoms with Gasteiger partial charge in [-0.25, -0.2) is 0 Å². The minimum Gasteiger partial charge on any atom is -0.481 e. The van der Waals surface area contributed by atoms with Crippen LogP contribution in [0, 0.1) is 16.2 Å². The van der Waals surface area contributed by atoms with Gasteiger partial charge in [0, 0.05) is 0 Å². The fourth-order valence-electron chi connectivity index (χ4n) is 2.26. The van der Waals surface area contributed by atoms with Crippen molar-refractivity contribution in [2.75, 3.05) is 0 Å². The smallest absolute Gasteiger partial charge is 0.314 e. The molecule has 18 heavy (non-hydrogen) atoms. The summed E-state index contributed by atoms with van der Waals surface area (Å²) in [6.45, 7) is 3.95. The van der Waals surface area contributed by atoms with Gasteiger partial charge in [-0.3, -0.25) is 14.4 Å². The summed E-state index contributed by atoms with van der Waals surface area (Å²) in [7, 11) is 0. The van der Waals surface area contributed by atoms with Gasteiger partial charge in [0.05, 0.1) is 16.2 Å². The summed E-state index contributed by atoms with van der Waals surface area (Å²) in [5.41, 5.74) is -4.68. The first-order valence-electron chi connectivity index (χ1n) is 5.40. The van der Waals surface area contributed by atoms with Crippen molar-refractivity contribution in [1.29, 1.82) is 0 Å². The van der Waals surface area contributed by atoms with E-state index < -0.39 is 34.2 Å². The SMILES string of the molecule is CC1(C(=O)O)C=CC(C)(C(=O)O)C(C)(C(=O)O)C1. The average molecular weight is 256 g/mol. The highest BCUT2D eigenvalue weighted by Crippen LogP contribution is 2.53. The quantitative estimate of drug-likeness (QED) is 0.654. The summed E-state index contributed by atoms with van der Waals surface area (Å²) in [6, 6.07) is 0. The maximum Gasteiger partial charge on any atom is 0.314 e. The van der Waals surface area contributed by atoms with Crippen LogP contribution in [-0.2, 0) is 14.4 Å². The van der Waals surface area contributed by atoms with Gasteiger partial charge in [0.15, 0.2) is 0 Å². The highest BCUT2D eigenvalue weighted by Gasteiger charge is 2.60. The second kappa shape index (κ2) is 3.83. The Morgan fingerprint density at radius 1 is 0.889 bits per heavy atom. The van der Waals surface area contributed by atoms with E-state index in [1.165, 1.54) is 32.9 Å². The molecule has 0 aromatic carbocycles. The lowest BCUT2D eigenvalue weighted by Gasteiger charge is -2.45. The molecule has 1 rings (SSSR count). The van der Waals surface area contributed by atoms with Gasteiger partial charge in [-0.1, -0.05) is 12.2 Å². The molecule has 0 fully saturated rings. The van der Waals surface area contributed by atoms with Crippen molar-refractivity contribution in [2.24, 2.45) is 16.2 Å². The molecular weight excluding hydrogens is 240 g/mol.